The van der Waals surface area contributed by atoms with E-state index in [1.165, 1.54) is 0 Å². The van der Waals surface area contributed by atoms with Crippen LogP contribution in [0.2, 0.25) is 0 Å². The second kappa shape index (κ2) is 8.28. The summed E-state index contributed by atoms with van der Waals surface area (Å²) in [5, 5.41) is 29.7. The van der Waals surface area contributed by atoms with Gasteiger partial charge < -0.3 is 24.8 Å². The number of hydrogen-bond acceptors (Lipinski definition) is 5. The quantitative estimate of drug-likeness (QED) is 0.659. The zero-order valence-corrected chi connectivity index (χ0v) is 16.0. The van der Waals surface area contributed by atoms with Crippen LogP contribution in [0.3, 0.4) is 0 Å². The lowest BCUT2D eigenvalue weighted by molar-refractivity contribution is -0.167. The molecule has 8 nitrogen and oxygen atoms in total. The van der Waals surface area contributed by atoms with Gasteiger partial charge in [-0.3, -0.25) is 9.59 Å². The summed E-state index contributed by atoms with van der Waals surface area (Å²) in [4.78, 5) is 30.3. The van der Waals surface area contributed by atoms with Crippen molar-refractivity contribution in [3.8, 4) is 0 Å². The van der Waals surface area contributed by atoms with Crippen LogP contribution in [0.15, 0.2) is 24.3 Å². The van der Waals surface area contributed by atoms with Crippen molar-refractivity contribution in [3.63, 3.8) is 0 Å². The van der Waals surface area contributed by atoms with E-state index < -0.39 is 17.5 Å². The fourth-order valence-electron chi connectivity index (χ4n) is 4.16. The van der Waals surface area contributed by atoms with E-state index in [0.717, 1.165) is 11.0 Å². The number of aromatic nitrogens is 2. The molecule has 1 aliphatic heterocycles. The van der Waals surface area contributed by atoms with Crippen molar-refractivity contribution in [1.82, 2.24) is 14.5 Å². The Labute approximate surface area is 163 Å². The topological polar surface area (TPSA) is 116 Å². The summed E-state index contributed by atoms with van der Waals surface area (Å²) in [5.74, 6) is -0.636. The molecule has 1 amide bonds. The average Bonchev–Trinajstić information content (AvgIpc) is 3.05. The Hall–Kier alpha value is -2.45. The highest BCUT2D eigenvalue weighted by molar-refractivity contribution is 5.79. The number of aryl methyl sites for hydroxylation is 1. The van der Waals surface area contributed by atoms with Gasteiger partial charge >= 0.3 is 5.97 Å². The molecule has 2 heterocycles. The molecule has 152 valence electrons. The molecule has 2 aromatic rings. The van der Waals surface area contributed by atoms with Crippen LogP contribution in [0.4, 0.5) is 0 Å². The maximum absolute atomic E-state index is 12.7. The van der Waals surface area contributed by atoms with E-state index in [0.29, 0.717) is 31.8 Å². The average molecular weight is 389 g/mol. The van der Waals surface area contributed by atoms with Gasteiger partial charge in [-0.2, -0.15) is 0 Å². The molecule has 2 atom stereocenters. The number of nitrogens with zero attached hydrogens (tertiary/aromatic N) is 3. The zero-order valence-electron chi connectivity index (χ0n) is 16.0. The van der Waals surface area contributed by atoms with Crippen molar-refractivity contribution in [2.45, 2.75) is 51.9 Å². The van der Waals surface area contributed by atoms with Crippen LogP contribution in [0.5, 0.6) is 0 Å². The predicted octanol–water partition coefficient (Wildman–Crippen LogP) is 1.38. The van der Waals surface area contributed by atoms with Gasteiger partial charge in [0.15, 0.2) is 0 Å². The number of likely N-dealkylation sites (tertiary alicyclic amines) is 1. The SMILES string of the molecule is CCC[C@]1(C(=O)O)CCN(C(=O)CCn2c(CO)nc3ccccc32)C[C@@H]1O. The Balaban J connectivity index is 1.68. The van der Waals surface area contributed by atoms with Gasteiger partial charge in [-0.25, -0.2) is 4.98 Å². The molecule has 1 aliphatic rings. The normalized spacial score (nSPS) is 22.5. The minimum atomic E-state index is -1.17. The summed E-state index contributed by atoms with van der Waals surface area (Å²) in [6.45, 7) is 2.38. The van der Waals surface area contributed by atoms with Crippen LogP contribution in [0.25, 0.3) is 11.0 Å². The molecule has 0 saturated carbocycles. The van der Waals surface area contributed by atoms with E-state index in [-0.39, 0.29) is 31.9 Å². The number of carbonyl (C=O) groups excluding carboxylic acids is 1. The smallest absolute Gasteiger partial charge is 0.312 e. The maximum Gasteiger partial charge on any atom is 0.312 e. The number of carboxylic acids is 1. The van der Waals surface area contributed by atoms with Gasteiger partial charge in [0.25, 0.3) is 0 Å². The molecular weight excluding hydrogens is 362 g/mol. The number of carbonyl (C=O) groups is 2. The third kappa shape index (κ3) is 3.62. The molecule has 1 aromatic carbocycles. The fraction of sp³-hybridized carbons (Fsp3) is 0.550. The summed E-state index contributed by atoms with van der Waals surface area (Å²) in [7, 11) is 0. The van der Waals surface area contributed by atoms with Crippen LogP contribution in [-0.4, -0.2) is 60.8 Å². The van der Waals surface area contributed by atoms with Crippen molar-refractivity contribution in [3.05, 3.63) is 30.1 Å². The van der Waals surface area contributed by atoms with Gasteiger partial charge in [-0.1, -0.05) is 25.5 Å². The number of carboxylic acid groups (broad SMARTS) is 1. The number of aliphatic carboxylic acids is 1. The Morgan fingerprint density at radius 2 is 2.07 bits per heavy atom. The van der Waals surface area contributed by atoms with Crippen LogP contribution in [0, 0.1) is 5.41 Å². The first-order valence-corrected chi connectivity index (χ1v) is 9.67. The highest BCUT2D eigenvalue weighted by atomic mass is 16.4. The molecule has 1 aromatic heterocycles. The predicted molar refractivity (Wildman–Crippen MR) is 102 cm³/mol. The Morgan fingerprint density at radius 1 is 1.32 bits per heavy atom. The standard InChI is InChI=1S/C20H27N3O5/c1-2-8-20(19(27)28)9-11-22(12-16(20)25)18(26)7-10-23-15-6-4-3-5-14(15)21-17(23)13-24/h3-6,16,24-25H,2,7-13H2,1H3,(H,27,28)/t16-,20-/m0/s1. The van der Waals surface area contributed by atoms with Crippen LogP contribution in [0.1, 0.15) is 38.4 Å². The molecule has 0 spiro atoms. The van der Waals surface area contributed by atoms with E-state index in [1.807, 2.05) is 35.8 Å². The van der Waals surface area contributed by atoms with Gasteiger partial charge in [0.2, 0.25) is 5.91 Å². The summed E-state index contributed by atoms with van der Waals surface area (Å²) in [6, 6.07) is 7.49. The van der Waals surface area contributed by atoms with E-state index in [9.17, 15) is 24.9 Å². The van der Waals surface area contributed by atoms with E-state index in [4.69, 9.17) is 0 Å². The second-order valence-electron chi connectivity index (χ2n) is 7.39. The van der Waals surface area contributed by atoms with Gasteiger partial charge in [0, 0.05) is 26.1 Å². The lowest BCUT2D eigenvalue weighted by Gasteiger charge is -2.42. The van der Waals surface area contributed by atoms with E-state index in [2.05, 4.69) is 4.98 Å². The molecule has 8 heteroatoms. The Bertz CT molecular complexity index is 865. The minimum Gasteiger partial charge on any atom is -0.481 e. The molecule has 3 rings (SSSR count). The zero-order chi connectivity index (χ0) is 20.3. The van der Waals surface area contributed by atoms with Gasteiger partial charge in [-0.15, -0.1) is 0 Å². The van der Waals surface area contributed by atoms with Gasteiger partial charge in [0.1, 0.15) is 12.4 Å². The minimum absolute atomic E-state index is 0.0304. The number of benzene rings is 1. The number of aliphatic hydroxyl groups excluding tert-OH is 2. The van der Waals surface area contributed by atoms with Crippen LogP contribution in [-0.2, 0) is 22.7 Å². The highest BCUT2D eigenvalue weighted by Crippen LogP contribution is 2.37. The molecule has 3 N–H and O–H groups in total. The number of imidazole rings is 1. The third-order valence-electron chi connectivity index (χ3n) is 5.76. The number of fused-ring (bicyclic) bond motifs is 1. The second-order valence-corrected chi connectivity index (χ2v) is 7.39. The monoisotopic (exact) mass is 389 g/mol. The van der Waals surface area contributed by atoms with Gasteiger partial charge in [-0.05, 0) is 25.0 Å². The molecule has 28 heavy (non-hydrogen) atoms. The highest BCUT2D eigenvalue weighted by Gasteiger charge is 2.48. The largest absolute Gasteiger partial charge is 0.481 e. The number of para-hydroxylation sites is 2. The molecule has 0 unspecified atom stereocenters. The first kappa shape index (κ1) is 20.3. The van der Waals surface area contributed by atoms with Crippen LogP contribution < -0.4 is 0 Å². The Kier molecular flexibility index (Phi) is 6.00. The molecule has 0 radical (unpaired) electrons. The summed E-state index contributed by atoms with van der Waals surface area (Å²) in [6.07, 6.45) is 0.415. The number of amides is 1. The summed E-state index contributed by atoms with van der Waals surface area (Å²) in [5.41, 5.74) is 0.444. The van der Waals surface area contributed by atoms with Crippen molar-refractivity contribution in [1.29, 1.82) is 0 Å². The van der Waals surface area contributed by atoms with E-state index in [1.54, 1.807) is 4.90 Å². The third-order valence-corrected chi connectivity index (χ3v) is 5.76. The van der Waals surface area contributed by atoms with Crippen molar-refractivity contribution in [2.75, 3.05) is 13.1 Å². The lowest BCUT2D eigenvalue weighted by atomic mass is 9.73. The number of β-amino-alcohol motifs (C(OH)–C–C–N with tert-alkyl or cyclic N) is 1. The van der Waals surface area contributed by atoms with Gasteiger partial charge in [0.05, 0.1) is 22.6 Å². The molecule has 1 fully saturated rings. The first-order chi connectivity index (χ1) is 13.4. The molecule has 1 saturated heterocycles. The fourth-order valence-corrected chi connectivity index (χ4v) is 4.16. The summed E-state index contributed by atoms with van der Waals surface area (Å²) < 4.78 is 1.83. The molecule has 0 bridgehead atoms. The molecule has 0 aliphatic carbocycles. The maximum atomic E-state index is 12.7. The lowest BCUT2D eigenvalue weighted by Crippen LogP contribution is -2.56. The van der Waals surface area contributed by atoms with Crippen molar-refractivity contribution in [2.24, 2.45) is 5.41 Å². The van der Waals surface area contributed by atoms with E-state index >= 15 is 0 Å². The number of aliphatic hydroxyl groups is 2. The first-order valence-electron chi connectivity index (χ1n) is 9.67. The van der Waals surface area contributed by atoms with Crippen LogP contribution >= 0.6 is 0 Å². The number of hydrogen-bond donors (Lipinski definition) is 3. The Morgan fingerprint density at radius 3 is 2.71 bits per heavy atom. The number of rotatable bonds is 7. The van der Waals surface area contributed by atoms with Crippen molar-refractivity contribution >= 4 is 22.9 Å². The number of piperidine rings is 1. The van der Waals surface area contributed by atoms with Crippen molar-refractivity contribution < 1.29 is 24.9 Å². The summed E-state index contributed by atoms with van der Waals surface area (Å²) >= 11 is 0. The molecular formula is C20H27N3O5.